The van der Waals surface area contributed by atoms with Gasteiger partial charge in [-0.2, -0.15) is 18.4 Å². The zero-order valence-corrected chi connectivity index (χ0v) is 23.7. The van der Waals surface area contributed by atoms with Crippen molar-refractivity contribution in [3.8, 4) is 11.8 Å². The number of nitrogens with zero attached hydrogens (tertiary/aromatic N) is 5. The summed E-state index contributed by atoms with van der Waals surface area (Å²) in [6.45, 7) is -0.790. The van der Waals surface area contributed by atoms with Crippen LogP contribution in [0.5, 0.6) is 0 Å². The number of nitrogens with one attached hydrogen (secondary N) is 1. The second-order valence-electron chi connectivity index (χ2n) is 8.58. The fraction of sp³-hybridized carbons (Fsp3) is 0.120. The van der Waals surface area contributed by atoms with Crippen LogP contribution in [0.1, 0.15) is 16.8 Å². The molecule has 0 radical (unpaired) electrons. The van der Waals surface area contributed by atoms with Crippen molar-refractivity contribution in [2.45, 2.75) is 23.1 Å². The van der Waals surface area contributed by atoms with Crippen LogP contribution in [-0.4, -0.2) is 19.8 Å². The van der Waals surface area contributed by atoms with Crippen molar-refractivity contribution in [2.75, 3.05) is 5.32 Å². The van der Waals surface area contributed by atoms with E-state index in [9.17, 15) is 53.7 Å². The summed E-state index contributed by atoms with van der Waals surface area (Å²) >= 11 is 7.97. The first-order chi connectivity index (χ1) is 20.9. The Labute approximate surface area is 257 Å². The van der Waals surface area contributed by atoms with Gasteiger partial charge in [-0.05, 0) is 42.0 Å². The average molecular weight is 703 g/mol. The predicted molar refractivity (Wildman–Crippen MR) is 140 cm³/mol. The van der Waals surface area contributed by atoms with Gasteiger partial charge in [0, 0.05) is 6.54 Å². The van der Waals surface area contributed by atoms with Crippen molar-refractivity contribution in [1.29, 1.82) is 5.26 Å². The molecule has 7 nitrogen and oxygen atoms in total. The van der Waals surface area contributed by atoms with E-state index in [2.05, 4.69) is 20.6 Å². The summed E-state index contributed by atoms with van der Waals surface area (Å²) in [4.78, 5) is -1.30. The molecule has 4 rings (SSSR count). The van der Waals surface area contributed by atoms with E-state index in [0.717, 1.165) is 18.2 Å². The van der Waals surface area contributed by atoms with E-state index in [0.29, 0.717) is 28.9 Å². The van der Waals surface area contributed by atoms with E-state index in [1.807, 2.05) is 0 Å². The molecule has 1 atom stereocenters. The Morgan fingerprint density at radius 1 is 0.889 bits per heavy atom. The van der Waals surface area contributed by atoms with Crippen LogP contribution in [0, 0.1) is 34.6 Å². The van der Waals surface area contributed by atoms with Crippen LogP contribution in [0.3, 0.4) is 0 Å². The molecule has 1 heterocycles. The molecule has 1 aromatic heterocycles. The molecular formula is C25H10Cl2F10N6OS. The van der Waals surface area contributed by atoms with Crippen LogP contribution >= 0.6 is 23.2 Å². The number of rotatable bonds is 7. The lowest BCUT2D eigenvalue weighted by Crippen LogP contribution is -2.25. The second kappa shape index (κ2) is 12.7. The standard InChI is InChI=1S/C25H10Cl2F10N6OS/c26-12-6-11(24(32,33)34)7-13(27)21(12)43-23(22(18(8-38)42-43)45(44)25(35,36)37)39-9-10-4-16(30)20(17(31)5-10)41-40-19-14(28)2-1-3-15(19)29/h1-7,39H,9H2. The number of azo groups is 1. The van der Waals surface area contributed by atoms with Crippen LogP contribution in [0.4, 0.5) is 61.1 Å². The highest BCUT2D eigenvalue weighted by Crippen LogP contribution is 2.42. The Morgan fingerprint density at radius 2 is 1.40 bits per heavy atom. The number of alkyl halides is 6. The Hall–Kier alpha value is -4.05. The summed E-state index contributed by atoms with van der Waals surface area (Å²) < 4.78 is 150. The van der Waals surface area contributed by atoms with Gasteiger partial charge < -0.3 is 9.87 Å². The first-order valence-electron chi connectivity index (χ1n) is 11.6. The number of benzene rings is 3. The average Bonchev–Trinajstić information content (AvgIpc) is 3.28. The number of anilines is 1. The van der Waals surface area contributed by atoms with Crippen molar-refractivity contribution < 1.29 is 48.5 Å². The zero-order chi connectivity index (χ0) is 33.4. The smallest absolute Gasteiger partial charge is 0.578 e. The van der Waals surface area contributed by atoms with Gasteiger partial charge in [-0.15, -0.1) is 28.5 Å². The van der Waals surface area contributed by atoms with Crippen molar-refractivity contribution >= 4 is 51.6 Å². The van der Waals surface area contributed by atoms with Gasteiger partial charge in [0.25, 0.3) is 0 Å². The first-order valence-corrected chi connectivity index (χ1v) is 13.5. The number of hydrogen-bond donors (Lipinski definition) is 1. The number of halogens is 12. The molecule has 0 saturated heterocycles. The molecule has 45 heavy (non-hydrogen) atoms. The zero-order valence-electron chi connectivity index (χ0n) is 21.3. The molecule has 1 unspecified atom stereocenters. The number of nitriles is 1. The number of aromatic nitrogens is 2. The van der Waals surface area contributed by atoms with Gasteiger partial charge in [0.15, 0.2) is 40.5 Å². The van der Waals surface area contributed by atoms with E-state index >= 15 is 0 Å². The summed E-state index contributed by atoms with van der Waals surface area (Å²) in [5.74, 6) is -6.17. The van der Waals surface area contributed by atoms with E-state index in [1.54, 1.807) is 0 Å². The molecule has 3 aromatic carbocycles. The minimum atomic E-state index is -5.48. The lowest BCUT2D eigenvalue weighted by molar-refractivity contribution is -0.137. The maximum Gasteiger partial charge on any atom is 0.578 e. The first kappa shape index (κ1) is 33.8. The Balaban J connectivity index is 1.78. The maximum atomic E-state index is 14.8. The normalized spacial score (nSPS) is 12.9. The molecule has 0 bridgehead atoms. The Morgan fingerprint density at radius 3 is 1.87 bits per heavy atom. The molecule has 0 spiro atoms. The summed E-state index contributed by atoms with van der Waals surface area (Å²) in [6.07, 6.45) is -4.94. The van der Waals surface area contributed by atoms with Gasteiger partial charge in [-0.1, -0.05) is 29.3 Å². The van der Waals surface area contributed by atoms with E-state index in [1.165, 1.54) is 6.07 Å². The third kappa shape index (κ3) is 7.11. The van der Waals surface area contributed by atoms with Crippen LogP contribution in [0.15, 0.2) is 57.6 Å². The molecule has 0 saturated carbocycles. The van der Waals surface area contributed by atoms with Crippen molar-refractivity contribution in [1.82, 2.24) is 9.78 Å². The van der Waals surface area contributed by atoms with Crippen LogP contribution < -0.4 is 5.32 Å². The molecule has 236 valence electrons. The molecule has 0 aliphatic heterocycles. The quantitative estimate of drug-likeness (QED) is 0.118. The van der Waals surface area contributed by atoms with Gasteiger partial charge in [0.1, 0.15) is 22.9 Å². The second-order valence-corrected chi connectivity index (χ2v) is 10.8. The fourth-order valence-corrected chi connectivity index (χ4v) is 5.18. The monoisotopic (exact) mass is 702 g/mol. The van der Waals surface area contributed by atoms with Crippen molar-refractivity contribution in [3.63, 3.8) is 0 Å². The van der Waals surface area contributed by atoms with Crippen molar-refractivity contribution in [3.05, 3.63) is 92.6 Å². The molecule has 4 aromatic rings. The molecule has 0 fully saturated rings. The van der Waals surface area contributed by atoms with E-state index in [4.69, 9.17) is 23.2 Å². The maximum absolute atomic E-state index is 14.8. The summed E-state index contributed by atoms with van der Waals surface area (Å²) in [5, 5.41) is 20.1. The molecule has 20 heteroatoms. The van der Waals surface area contributed by atoms with Gasteiger partial charge in [0.05, 0.1) is 15.6 Å². The minimum Gasteiger partial charge on any atom is -0.604 e. The molecule has 0 aliphatic carbocycles. The molecule has 0 amide bonds. The van der Waals surface area contributed by atoms with Gasteiger partial charge in [-0.3, -0.25) is 0 Å². The third-order valence-electron chi connectivity index (χ3n) is 5.62. The lowest BCUT2D eigenvalue weighted by atomic mass is 10.2. The fourth-order valence-electron chi connectivity index (χ4n) is 3.70. The van der Waals surface area contributed by atoms with Gasteiger partial charge >= 0.3 is 11.7 Å². The minimum absolute atomic E-state index is 0.361. The largest absolute Gasteiger partial charge is 0.604 e. The molecular weight excluding hydrogens is 693 g/mol. The number of hydrogen-bond acceptors (Lipinski definition) is 6. The summed E-state index contributed by atoms with van der Waals surface area (Å²) in [7, 11) is 0. The van der Waals surface area contributed by atoms with Gasteiger partial charge in [0.2, 0.25) is 10.6 Å². The highest BCUT2D eigenvalue weighted by molar-refractivity contribution is 7.92. The van der Waals surface area contributed by atoms with E-state index in [-0.39, 0.29) is 5.56 Å². The summed E-state index contributed by atoms with van der Waals surface area (Å²) in [6, 6.07) is 5.86. The van der Waals surface area contributed by atoms with Crippen LogP contribution in [0.25, 0.3) is 5.69 Å². The third-order valence-corrected chi connectivity index (χ3v) is 7.38. The topological polar surface area (TPSA) is 101 Å². The highest BCUT2D eigenvalue weighted by atomic mass is 35.5. The molecule has 0 aliphatic rings. The van der Waals surface area contributed by atoms with Crippen LogP contribution in [-0.2, 0) is 23.9 Å². The highest BCUT2D eigenvalue weighted by Gasteiger charge is 2.50. The van der Waals surface area contributed by atoms with Crippen molar-refractivity contribution in [2.24, 2.45) is 10.2 Å². The Bertz CT molecular complexity index is 1790. The predicted octanol–water partition coefficient (Wildman–Crippen LogP) is 9.28. The SMILES string of the molecule is N#Cc1nn(-c2c(Cl)cc(C(F)(F)F)cc2Cl)c(NCc2cc(F)c(N=Nc3c(F)cccc3F)c(F)c2)c1[S+]([O-])C(F)(F)F. The Kier molecular flexibility index (Phi) is 9.59. The molecule has 1 N–H and O–H groups in total. The van der Waals surface area contributed by atoms with E-state index < -0.39 is 102 Å². The van der Waals surface area contributed by atoms with Crippen LogP contribution in [0.2, 0.25) is 10.0 Å². The van der Waals surface area contributed by atoms with Gasteiger partial charge in [-0.25, -0.2) is 22.2 Å². The lowest BCUT2D eigenvalue weighted by Gasteiger charge is -2.17. The summed E-state index contributed by atoms with van der Waals surface area (Å²) in [5.41, 5.74) is -11.0.